The summed E-state index contributed by atoms with van der Waals surface area (Å²) in [6, 6.07) is 0. The van der Waals surface area contributed by atoms with Gasteiger partial charge in [-0.1, -0.05) is 6.92 Å². The standard InChI is InChI=1S/C8H17N3O/c1-6(7(2)12)4-3-5-11-8(9)10/h6H,3-5H2,1-2H3,(H4,9,10,11). The molecular formula is C8H17N3O. The zero-order chi connectivity index (χ0) is 9.56. The lowest BCUT2D eigenvalue weighted by Crippen LogP contribution is -2.31. The van der Waals surface area contributed by atoms with Crippen LogP contribution in [0.2, 0.25) is 0 Å². The minimum Gasteiger partial charge on any atom is -0.370 e. The molecule has 0 amide bonds. The Balaban J connectivity index is 3.31. The van der Waals surface area contributed by atoms with Crippen LogP contribution in [0.1, 0.15) is 26.7 Å². The van der Waals surface area contributed by atoms with Gasteiger partial charge in [-0.05, 0) is 19.8 Å². The summed E-state index contributed by atoms with van der Waals surface area (Å²) in [5.41, 5.74) is 5.07. The summed E-state index contributed by atoms with van der Waals surface area (Å²) in [4.78, 5) is 10.8. The minimum atomic E-state index is -0.00882. The first-order valence-corrected chi connectivity index (χ1v) is 4.12. The van der Waals surface area contributed by atoms with Crippen LogP contribution in [-0.2, 0) is 4.79 Å². The normalized spacial score (nSPS) is 12.2. The first-order valence-electron chi connectivity index (χ1n) is 4.12. The second-order valence-corrected chi connectivity index (χ2v) is 2.99. The molecule has 12 heavy (non-hydrogen) atoms. The lowest BCUT2D eigenvalue weighted by Gasteiger charge is -2.07. The molecular weight excluding hydrogens is 154 g/mol. The highest BCUT2D eigenvalue weighted by molar-refractivity contribution is 5.77. The Bertz CT molecular complexity index is 168. The molecule has 0 saturated carbocycles. The zero-order valence-electron chi connectivity index (χ0n) is 7.68. The van der Waals surface area contributed by atoms with Crippen molar-refractivity contribution >= 4 is 11.7 Å². The minimum absolute atomic E-state index is 0.00882. The van der Waals surface area contributed by atoms with Crippen LogP contribution >= 0.6 is 0 Å². The molecule has 0 bridgehead atoms. The molecule has 0 aliphatic rings. The zero-order valence-corrected chi connectivity index (χ0v) is 7.68. The quantitative estimate of drug-likeness (QED) is 0.320. The van der Waals surface area contributed by atoms with E-state index in [-0.39, 0.29) is 17.7 Å². The summed E-state index contributed by atoms with van der Waals surface area (Å²) in [7, 11) is 0. The van der Waals surface area contributed by atoms with Crippen LogP contribution in [0.15, 0.2) is 0 Å². The second-order valence-electron chi connectivity index (χ2n) is 2.99. The van der Waals surface area contributed by atoms with Crippen molar-refractivity contribution in [3.05, 3.63) is 0 Å². The molecule has 0 heterocycles. The maximum Gasteiger partial charge on any atom is 0.185 e. The second kappa shape index (κ2) is 5.57. The lowest BCUT2D eigenvalue weighted by atomic mass is 10.0. The van der Waals surface area contributed by atoms with Crippen LogP contribution < -0.4 is 11.1 Å². The topological polar surface area (TPSA) is 79.0 Å². The predicted octanol–water partition coefficient (Wildman–Crippen LogP) is 0.475. The molecule has 0 aromatic heterocycles. The SMILES string of the molecule is CC(=O)C(C)CCCNC(=N)N. The molecule has 4 nitrogen and oxygen atoms in total. The van der Waals surface area contributed by atoms with E-state index < -0.39 is 0 Å². The van der Waals surface area contributed by atoms with Gasteiger partial charge in [0.25, 0.3) is 0 Å². The van der Waals surface area contributed by atoms with Crippen LogP contribution in [0, 0.1) is 11.3 Å². The number of rotatable bonds is 5. The summed E-state index contributed by atoms with van der Waals surface area (Å²) in [6.45, 7) is 4.19. The van der Waals surface area contributed by atoms with E-state index >= 15 is 0 Å². The van der Waals surface area contributed by atoms with Crippen molar-refractivity contribution in [3.63, 3.8) is 0 Å². The number of hydrogen-bond acceptors (Lipinski definition) is 2. The molecule has 1 atom stereocenters. The Labute approximate surface area is 73.0 Å². The number of nitrogens with two attached hydrogens (primary N) is 1. The number of carbonyl (C=O) groups excluding carboxylic acids is 1. The summed E-state index contributed by atoms with van der Waals surface area (Å²) in [5.74, 6) is 0.335. The Hall–Kier alpha value is -1.06. The van der Waals surface area contributed by atoms with Gasteiger partial charge in [-0.15, -0.1) is 0 Å². The molecule has 0 fully saturated rings. The molecule has 0 aromatic carbocycles. The highest BCUT2D eigenvalue weighted by Gasteiger charge is 2.05. The lowest BCUT2D eigenvalue weighted by molar-refractivity contribution is -0.120. The van der Waals surface area contributed by atoms with Crippen molar-refractivity contribution in [2.24, 2.45) is 11.7 Å². The van der Waals surface area contributed by atoms with E-state index in [9.17, 15) is 4.79 Å². The van der Waals surface area contributed by atoms with Crippen LogP contribution in [0.3, 0.4) is 0 Å². The molecule has 4 heteroatoms. The number of guanidine groups is 1. The van der Waals surface area contributed by atoms with Crippen LogP contribution in [0.5, 0.6) is 0 Å². The fourth-order valence-corrected chi connectivity index (χ4v) is 0.835. The third-order valence-electron chi connectivity index (χ3n) is 1.82. The van der Waals surface area contributed by atoms with Crippen molar-refractivity contribution in [2.45, 2.75) is 26.7 Å². The number of hydrogen-bond donors (Lipinski definition) is 3. The van der Waals surface area contributed by atoms with E-state index in [2.05, 4.69) is 5.32 Å². The summed E-state index contributed by atoms with van der Waals surface area (Å²) in [5, 5.41) is 9.55. The van der Waals surface area contributed by atoms with Crippen molar-refractivity contribution < 1.29 is 4.79 Å². The Morgan fingerprint density at radius 1 is 1.67 bits per heavy atom. The van der Waals surface area contributed by atoms with Gasteiger partial charge in [-0.3, -0.25) is 10.2 Å². The average Bonchev–Trinajstić information content (AvgIpc) is 1.97. The van der Waals surface area contributed by atoms with E-state index in [4.69, 9.17) is 11.1 Å². The van der Waals surface area contributed by atoms with Crippen LogP contribution in [-0.4, -0.2) is 18.3 Å². The molecule has 1 unspecified atom stereocenters. The third-order valence-corrected chi connectivity index (χ3v) is 1.82. The first kappa shape index (κ1) is 10.9. The number of Topliss-reactive ketones (excluding diaryl/α,β-unsaturated/α-hetero) is 1. The highest BCUT2D eigenvalue weighted by Crippen LogP contribution is 2.04. The Morgan fingerprint density at radius 2 is 2.25 bits per heavy atom. The average molecular weight is 171 g/mol. The van der Waals surface area contributed by atoms with Gasteiger partial charge in [0.05, 0.1) is 0 Å². The Kier molecular flexibility index (Phi) is 5.08. The van der Waals surface area contributed by atoms with E-state index in [0.717, 1.165) is 12.8 Å². The molecule has 0 saturated heterocycles. The van der Waals surface area contributed by atoms with Gasteiger partial charge in [0.1, 0.15) is 5.78 Å². The maximum absolute atomic E-state index is 10.8. The van der Waals surface area contributed by atoms with Gasteiger partial charge in [-0.25, -0.2) is 0 Å². The first-order chi connectivity index (χ1) is 5.54. The van der Waals surface area contributed by atoms with Gasteiger partial charge < -0.3 is 11.1 Å². The maximum atomic E-state index is 10.8. The molecule has 4 N–H and O–H groups in total. The van der Waals surface area contributed by atoms with E-state index in [1.165, 1.54) is 0 Å². The van der Waals surface area contributed by atoms with Gasteiger partial charge >= 0.3 is 0 Å². The van der Waals surface area contributed by atoms with Gasteiger partial charge in [0.2, 0.25) is 0 Å². The molecule has 0 rings (SSSR count). The van der Waals surface area contributed by atoms with Crippen molar-refractivity contribution in [3.8, 4) is 0 Å². The largest absolute Gasteiger partial charge is 0.370 e. The Morgan fingerprint density at radius 3 is 2.67 bits per heavy atom. The van der Waals surface area contributed by atoms with Crippen molar-refractivity contribution in [2.75, 3.05) is 6.54 Å². The van der Waals surface area contributed by atoms with E-state index in [1.54, 1.807) is 6.92 Å². The third kappa shape index (κ3) is 5.70. The number of ketones is 1. The monoisotopic (exact) mass is 171 g/mol. The van der Waals surface area contributed by atoms with E-state index in [0.29, 0.717) is 6.54 Å². The molecule has 0 spiro atoms. The summed E-state index contributed by atoms with van der Waals surface area (Å²) < 4.78 is 0. The number of nitrogens with one attached hydrogen (secondary N) is 2. The fourth-order valence-electron chi connectivity index (χ4n) is 0.835. The molecule has 70 valence electrons. The van der Waals surface area contributed by atoms with Crippen LogP contribution in [0.4, 0.5) is 0 Å². The van der Waals surface area contributed by atoms with Gasteiger partial charge in [-0.2, -0.15) is 0 Å². The van der Waals surface area contributed by atoms with E-state index in [1.807, 2.05) is 6.92 Å². The summed E-state index contributed by atoms with van der Waals surface area (Å²) >= 11 is 0. The van der Waals surface area contributed by atoms with Crippen LogP contribution in [0.25, 0.3) is 0 Å². The van der Waals surface area contributed by atoms with Crippen molar-refractivity contribution in [1.29, 1.82) is 5.41 Å². The van der Waals surface area contributed by atoms with Gasteiger partial charge in [0, 0.05) is 12.5 Å². The molecule has 0 radical (unpaired) electrons. The highest BCUT2D eigenvalue weighted by atomic mass is 16.1. The van der Waals surface area contributed by atoms with Gasteiger partial charge in [0.15, 0.2) is 5.96 Å². The smallest absolute Gasteiger partial charge is 0.185 e. The fraction of sp³-hybridized carbons (Fsp3) is 0.750. The predicted molar refractivity (Wildman–Crippen MR) is 49.0 cm³/mol. The molecule has 0 aliphatic heterocycles. The molecule has 0 aromatic rings. The van der Waals surface area contributed by atoms with Crippen molar-refractivity contribution in [1.82, 2.24) is 5.32 Å². The molecule has 0 aliphatic carbocycles. The summed E-state index contributed by atoms with van der Waals surface area (Å²) in [6.07, 6.45) is 1.73. The number of carbonyl (C=O) groups is 1.